The molecule has 2 aliphatic heterocycles. The van der Waals surface area contributed by atoms with E-state index in [1.165, 1.54) is 37.1 Å². The normalized spacial score (nSPS) is 34.0. The Labute approximate surface area is 150 Å². The van der Waals surface area contributed by atoms with E-state index in [0.717, 1.165) is 25.8 Å². The second-order valence-electron chi connectivity index (χ2n) is 7.98. The van der Waals surface area contributed by atoms with Crippen molar-refractivity contribution in [3.8, 4) is 0 Å². The van der Waals surface area contributed by atoms with Gasteiger partial charge in [0.05, 0.1) is 13.0 Å². The molecule has 0 aromatic heterocycles. The van der Waals surface area contributed by atoms with Crippen LogP contribution in [0, 0.1) is 5.41 Å². The molecule has 0 bridgehead atoms. The maximum Gasteiger partial charge on any atom is 0.306 e. The molecule has 1 unspecified atom stereocenters. The molecule has 0 N–H and O–H groups in total. The molecule has 1 spiro atoms. The molecule has 2 saturated heterocycles. The van der Waals surface area contributed by atoms with Crippen LogP contribution in [0.2, 0.25) is 0 Å². The molecule has 2 heterocycles. The number of esters is 1. The van der Waals surface area contributed by atoms with Gasteiger partial charge in [-0.05, 0) is 62.2 Å². The van der Waals surface area contributed by atoms with E-state index in [1.807, 2.05) is 0 Å². The summed E-state index contributed by atoms with van der Waals surface area (Å²) in [5.41, 5.74) is 2.84. The number of rotatable bonds is 3. The first kappa shape index (κ1) is 16.5. The van der Waals surface area contributed by atoms with Crippen LogP contribution in [-0.2, 0) is 16.1 Å². The van der Waals surface area contributed by atoms with Crippen LogP contribution in [0.15, 0.2) is 24.3 Å². The standard InChI is InChI=1S/C20H27NO2S/c22-19-12-20(14-23-19)8-7-18(24)17(11-20)16-5-3-15(4-6-16)13-21-9-1-2-10-21/h3-6,17-18,24H,1-2,7-14H2/t17-,18?,20-/m0/s1. The van der Waals surface area contributed by atoms with Gasteiger partial charge in [0.1, 0.15) is 0 Å². The van der Waals surface area contributed by atoms with Gasteiger partial charge in [-0.25, -0.2) is 0 Å². The van der Waals surface area contributed by atoms with Crippen molar-refractivity contribution in [3.05, 3.63) is 35.4 Å². The molecule has 1 aliphatic carbocycles. The fourth-order valence-corrected chi connectivity index (χ4v) is 5.11. The smallest absolute Gasteiger partial charge is 0.306 e. The van der Waals surface area contributed by atoms with Gasteiger partial charge in [0.15, 0.2) is 0 Å². The summed E-state index contributed by atoms with van der Waals surface area (Å²) in [6.07, 6.45) is 6.43. The molecule has 3 atom stereocenters. The average molecular weight is 346 g/mol. The number of hydrogen-bond acceptors (Lipinski definition) is 4. The summed E-state index contributed by atoms with van der Waals surface area (Å²) in [6.45, 7) is 4.15. The monoisotopic (exact) mass is 345 g/mol. The Kier molecular flexibility index (Phi) is 4.61. The number of carbonyl (C=O) groups excluding carboxylic acids is 1. The minimum Gasteiger partial charge on any atom is -0.465 e. The number of carbonyl (C=O) groups is 1. The number of nitrogens with zero attached hydrogens (tertiary/aromatic N) is 1. The SMILES string of the molecule is O=C1C[C@@]2(CCC(S)[C@H](c3ccc(CN4CCCC4)cc3)C2)CO1. The highest BCUT2D eigenvalue weighted by Crippen LogP contribution is 2.50. The van der Waals surface area contributed by atoms with Crippen molar-refractivity contribution in [1.82, 2.24) is 4.90 Å². The Bertz CT molecular complexity index is 596. The van der Waals surface area contributed by atoms with Gasteiger partial charge in [0.2, 0.25) is 0 Å². The highest BCUT2D eigenvalue weighted by molar-refractivity contribution is 7.81. The van der Waals surface area contributed by atoms with Gasteiger partial charge < -0.3 is 4.74 Å². The summed E-state index contributed by atoms with van der Waals surface area (Å²) in [6, 6.07) is 9.14. The van der Waals surface area contributed by atoms with Gasteiger partial charge in [0.25, 0.3) is 0 Å². The highest BCUT2D eigenvalue weighted by Gasteiger charge is 2.46. The number of benzene rings is 1. The Morgan fingerprint density at radius 2 is 1.96 bits per heavy atom. The van der Waals surface area contributed by atoms with Gasteiger partial charge in [0, 0.05) is 17.2 Å². The zero-order chi connectivity index (χ0) is 16.6. The summed E-state index contributed by atoms with van der Waals surface area (Å²) < 4.78 is 5.29. The minimum atomic E-state index is -0.0210. The first-order valence-corrected chi connectivity index (χ1v) is 9.80. The zero-order valence-corrected chi connectivity index (χ0v) is 15.1. The zero-order valence-electron chi connectivity index (χ0n) is 14.2. The summed E-state index contributed by atoms with van der Waals surface area (Å²) in [4.78, 5) is 14.1. The molecule has 1 aromatic rings. The van der Waals surface area contributed by atoms with Crippen LogP contribution in [0.5, 0.6) is 0 Å². The Morgan fingerprint density at radius 3 is 2.62 bits per heavy atom. The number of cyclic esters (lactones) is 1. The molecule has 4 rings (SSSR count). The van der Waals surface area contributed by atoms with E-state index in [1.54, 1.807) is 0 Å². The fraction of sp³-hybridized carbons (Fsp3) is 0.650. The van der Waals surface area contributed by atoms with E-state index in [9.17, 15) is 4.79 Å². The summed E-state index contributed by atoms with van der Waals surface area (Å²) in [7, 11) is 0. The number of ether oxygens (including phenoxy) is 1. The van der Waals surface area contributed by atoms with E-state index in [0.29, 0.717) is 24.2 Å². The molecule has 1 saturated carbocycles. The van der Waals surface area contributed by atoms with Crippen LogP contribution < -0.4 is 0 Å². The molecule has 4 heteroatoms. The topological polar surface area (TPSA) is 29.5 Å². The number of hydrogen-bond donors (Lipinski definition) is 1. The number of likely N-dealkylation sites (tertiary alicyclic amines) is 1. The van der Waals surface area contributed by atoms with Gasteiger partial charge >= 0.3 is 5.97 Å². The lowest BCUT2D eigenvalue weighted by Crippen LogP contribution is -2.33. The van der Waals surface area contributed by atoms with Crippen molar-refractivity contribution in [2.45, 2.75) is 56.2 Å². The van der Waals surface area contributed by atoms with Crippen LogP contribution in [0.4, 0.5) is 0 Å². The maximum absolute atomic E-state index is 11.6. The van der Waals surface area contributed by atoms with Crippen LogP contribution in [-0.4, -0.2) is 35.8 Å². The summed E-state index contributed by atoms with van der Waals surface area (Å²) >= 11 is 4.85. The molecule has 130 valence electrons. The molecule has 24 heavy (non-hydrogen) atoms. The van der Waals surface area contributed by atoms with E-state index >= 15 is 0 Å². The third-order valence-corrected chi connectivity index (χ3v) is 6.78. The highest BCUT2D eigenvalue weighted by atomic mass is 32.1. The minimum absolute atomic E-state index is 0.0210. The Balaban J connectivity index is 1.46. The van der Waals surface area contributed by atoms with Gasteiger partial charge in [-0.3, -0.25) is 9.69 Å². The summed E-state index contributed by atoms with van der Waals surface area (Å²) in [5, 5.41) is 0.385. The third kappa shape index (κ3) is 3.36. The van der Waals surface area contributed by atoms with Crippen LogP contribution in [0.3, 0.4) is 0 Å². The van der Waals surface area contributed by atoms with Crippen LogP contribution in [0.1, 0.15) is 55.6 Å². The number of thiol groups is 1. The van der Waals surface area contributed by atoms with Crippen molar-refractivity contribution in [2.75, 3.05) is 19.7 Å². The molecule has 3 nitrogen and oxygen atoms in total. The van der Waals surface area contributed by atoms with Crippen molar-refractivity contribution < 1.29 is 9.53 Å². The fourth-order valence-electron chi connectivity index (χ4n) is 4.70. The first-order chi connectivity index (χ1) is 11.6. The molecular weight excluding hydrogens is 318 g/mol. The Hall–Kier alpha value is -1.00. The van der Waals surface area contributed by atoms with Crippen molar-refractivity contribution in [1.29, 1.82) is 0 Å². The van der Waals surface area contributed by atoms with E-state index in [2.05, 4.69) is 29.2 Å². The second kappa shape index (κ2) is 6.72. The lowest BCUT2D eigenvalue weighted by Gasteiger charge is -2.39. The maximum atomic E-state index is 11.6. The van der Waals surface area contributed by atoms with Gasteiger partial charge in [-0.2, -0.15) is 12.6 Å². The molecule has 0 radical (unpaired) electrons. The largest absolute Gasteiger partial charge is 0.465 e. The van der Waals surface area contributed by atoms with Gasteiger partial charge in [-0.1, -0.05) is 24.3 Å². The molecule has 3 aliphatic rings. The lowest BCUT2D eigenvalue weighted by atomic mass is 9.67. The van der Waals surface area contributed by atoms with Crippen LogP contribution >= 0.6 is 12.6 Å². The van der Waals surface area contributed by atoms with E-state index in [4.69, 9.17) is 17.4 Å². The van der Waals surface area contributed by atoms with E-state index < -0.39 is 0 Å². The van der Waals surface area contributed by atoms with Crippen molar-refractivity contribution in [2.24, 2.45) is 5.41 Å². The van der Waals surface area contributed by atoms with Crippen molar-refractivity contribution >= 4 is 18.6 Å². The second-order valence-corrected chi connectivity index (χ2v) is 8.64. The molecule has 1 aromatic carbocycles. The average Bonchev–Trinajstić information content (AvgIpc) is 3.21. The predicted molar refractivity (Wildman–Crippen MR) is 98.3 cm³/mol. The molecule has 3 fully saturated rings. The molecular formula is C20H27NO2S. The lowest BCUT2D eigenvalue weighted by molar-refractivity contribution is -0.137. The third-order valence-electron chi connectivity index (χ3n) is 6.16. The van der Waals surface area contributed by atoms with E-state index in [-0.39, 0.29) is 11.4 Å². The predicted octanol–water partition coefficient (Wildman–Crippen LogP) is 3.78. The first-order valence-electron chi connectivity index (χ1n) is 9.28. The summed E-state index contributed by atoms with van der Waals surface area (Å²) in [5.74, 6) is 0.407. The quantitative estimate of drug-likeness (QED) is 0.668. The van der Waals surface area contributed by atoms with Crippen molar-refractivity contribution in [3.63, 3.8) is 0 Å². The van der Waals surface area contributed by atoms with Gasteiger partial charge in [-0.15, -0.1) is 0 Å². The molecule has 0 amide bonds. The Morgan fingerprint density at radius 1 is 1.21 bits per heavy atom. The van der Waals surface area contributed by atoms with Crippen LogP contribution in [0.25, 0.3) is 0 Å².